The zero-order valence-electron chi connectivity index (χ0n) is 9.38. The molecule has 8 heteroatoms. The van der Waals surface area contributed by atoms with Crippen molar-refractivity contribution in [3.05, 3.63) is 58.5 Å². The van der Waals surface area contributed by atoms with E-state index >= 15 is 0 Å². The van der Waals surface area contributed by atoms with Crippen LogP contribution in [0.2, 0.25) is 0 Å². The summed E-state index contributed by atoms with van der Waals surface area (Å²) in [5, 5.41) is 33.8. The van der Waals surface area contributed by atoms with Crippen LogP contribution in [0.3, 0.4) is 0 Å². The van der Waals surface area contributed by atoms with Crippen LogP contribution in [-0.2, 0) is 9.47 Å². The van der Waals surface area contributed by atoms with Gasteiger partial charge in [0.15, 0.2) is 9.95 Å². The van der Waals surface area contributed by atoms with E-state index in [1.165, 1.54) is 0 Å². The summed E-state index contributed by atoms with van der Waals surface area (Å²) in [6, 6.07) is 0. The van der Waals surface area contributed by atoms with E-state index in [2.05, 4.69) is 19.4 Å². The monoisotopic (exact) mass is 252 g/mol. The van der Waals surface area contributed by atoms with Crippen LogP contribution in [0, 0.1) is 10.8 Å². The first-order valence-corrected chi connectivity index (χ1v) is 4.74. The Balaban J connectivity index is 3.72. The number of aliphatic hydroxyl groups is 2. The number of nitrogens with zero attached hydrogens (tertiary/aromatic N) is 4. The Bertz CT molecular complexity index is 398. The normalized spacial score (nSPS) is 12.3. The number of hydrogen-bond acceptors (Lipinski definition) is 6. The highest BCUT2D eigenvalue weighted by atomic mass is 16.6. The predicted octanol–water partition coefficient (Wildman–Crippen LogP) is 2.55. The van der Waals surface area contributed by atoms with Crippen molar-refractivity contribution in [3.8, 4) is 0 Å². The highest BCUT2D eigenvalue weighted by molar-refractivity contribution is 5.03. The molecule has 0 unspecified atom stereocenters. The standard InChI is InChI=1S/C10H10N4O4/c11-13-7-9(15)17-5-3-1-2-4-6-18-10(16)8-14-12/h1-4,7-8H,5-6H2/p+2/b3-1+,4-2+,9-7-,10-8-. The lowest BCUT2D eigenvalue weighted by Gasteiger charge is -1.95. The fraction of sp³-hybridized carbons (Fsp3) is 0.200. The SMILES string of the molecule is N#[N+]/C=C(/O)OC/C=C/C=C/CO/C(O)=C\[N+]#N. The average molecular weight is 252 g/mol. The third-order valence-electron chi connectivity index (χ3n) is 1.37. The van der Waals surface area contributed by atoms with Gasteiger partial charge in [-0.2, -0.15) is 0 Å². The predicted molar refractivity (Wildman–Crippen MR) is 61.8 cm³/mol. The minimum atomic E-state index is -0.503. The molecule has 0 aliphatic rings. The zero-order chi connectivity index (χ0) is 13.6. The third kappa shape index (κ3) is 9.55. The quantitative estimate of drug-likeness (QED) is 0.408. The number of rotatable bonds is 7. The first-order valence-electron chi connectivity index (χ1n) is 4.74. The smallest absolute Gasteiger partial charge is 0.429 e. The number of hydrogen-bond donors (Lipinski definition) is 2. The largest absolute Gasteiger partial charge is 0.476 e. The zero-order valence-corrected chi connectivity index (χ0v) is 9.38. The van der Waals surface area contributed by atoms with E-state index in [0.29, 0.717) is 0 Å². The lowest BCUT2D eigenvalue weighted by atomic mass is 10.4. The molecule has 0 spiro atoms. The molecule has 0 bridgehead atoms. The lowest BCUT2D eigenvalue weighted by molar-refractivity contribution is 0.111. The maximum atomic E-state index is 8.85. The van der Waals surface area contributed by atoms with Crippen LogP contribution in [0.15, 0.2) is 48.6 Å². The van der Waals surface area contributed by atoms with Gasteiger partial charge in [0, 0.05) is 0 Å². The van der Waals surface area contributed by atoms with Gasteiger partial charge in [0.1, 0.15) is 13.2 Å². The Morgan fingerprint density at radius 2 is 1.28 bits per heavy atom. The molecule has 0 aromatic rings. The Labute approximate surface area is 103 Å². The molecule has 94 valence electrons. The van der Waals surface area contributed by atoms with Crippen LogP contribution >= 0.6 is 0 Å². The molecule has 0 saturated carbocycles. The van der Waals surface area contributed by atoms with E-state index in [1.807, 2.05) is 0 Å². The summed E-state index contributed by atoms with van der Waals surface area (Å²) in [6.45, 7) is 0.190. The van der Waals surface area contributed by atoms with Gasteiger partial charge >= 0.3 is 24.3 Å². The van der Waals surface area contributed by atoms with Crippen LogP contribution in [0.25, 0.3) is 9.95 Å². The highest BCUT2D eigenvalue weighted by Crippen LogP contribution is 1.93. The molecule has 0 amide bonds. The van der Waals surface area contributed by atoms with E-state index < -0.39 is 11.9 Å². The minimum absolute atomic E-state index is 0.0948. The van der Waals surface area contributed by atoms with E-state index in [4.69, 9.17) is 21.0 Å². The van der Waals surface area contributed by atoms with Crippen molar-refractivity contribution >= 4 is 0 Å². The summed E-state index contributed by atoms with van der Waals surface area (Å²) in [5.74, 6) is -1.01. The molecular formula is C10H12N4O4+2. The molecule has 8 nitrogen and oxygen atoms in total. The van der Waals surface area contributed by atoms with Crippen molar-refractivity contribution in [1.29, 1.82) is 10.8 Å². The third-order valence-corrected chi connectivity index (χ3v) is 1.37. The topological polar surface area (TPSA) is 115 Å². The van der Waals surface area contributed by atoms with Gasteiger partial charge in [0.05, 0.1) is 0 Å². The molecule has 0 atom stereocenters. The van der Waals surface area contributed by atoms with Crippen molar-refractivity contribution in [2.24, 2.45) is 0 Å². The van der Waals surface area contributed by atoms with Crippen LogP contribution in [-0.4, -0.2) is 23.4 Å². The average Bonchev–Trinajstić information content (AvgIpc) is 2.33. The van der Waals surface area contributed by atoms with E-state index in [-0.39, 0.29) is 13.2 Å². The number of diazo groups is 2. The van der Waals surface area contributed by atoms with Gasteiger partial charge in [-0.3, -0.25) is 0 Å². The number of ether oxygens (including phenoxy) is 2. The minimum Gasteiger partial charge on any atom is -0.476 e. The van der Waals surface area contributed by atoms with E-state index in [0.717, 1.165) is 12.4 Å². The van der Waals surface area contributed by atoms with Gasteiger partial charge in [-0.05, 0) is 12.2 Å². The van der Waals surface area contributed by atoms with Crippen LogP contribution < -0.4 is 0 Å². The molecule has 18 heavy (non-hydrogen) atoms. The van der Waals surface area contributed by atoms with Gasteiger partial charge in [-0.1, -0.05) is 12.2 Å². The Morgan fingerprint density at radius 3 is 1.61 bits per heavy atom. The Morgan fingerprint density at radius 1 is 0.889 bits per heavy atom. The van der Waals surface area contributed by atoms with Crippen molar-refractivity contribution in [3.63, 3.8) is 0 Å². The summed E-state index contributed by atoms with van der Waals surface area (Å²) < 4.78 is 9.36. The summed E-state index contributed by atoms with van der Waals surface area (Å²) in [4.78, 5) is 5.12. The molecule has 0 aliphatic heterocycles. The second kappa shape index (κ2) is 10.5. The summed E-state index contributed by atoms with van der Waals surface area (Å²) in [5.41, 5.74) is 0. The molecule has 0 aliphatic carbocycles. The molecule has 0 aromatic carbocycles. The first kappa shape index (κ1) is 15.0. The molecule has 0 saturated heterocycles. The molecule has 0 radical (unpaired) electrons. The Kier molecular flexibility index (Phi) is 8.76. The molecule has 0 fully saturated rings. The molecular weight excluding hydrogens is 240 g/mol. The van der Waals surface area contributed by atoms with Crippen molar-refractivity contribution in [2.45, 2.75) is 0 Å². The number of aliphatic hydroxyl groups excluding tert-OH is 2. The molecule has 0 aromatic heterocycles. The van der Waals surface area contributed by atoms with Crippen molar-refractivity contribution in [1.82, 2.24) is 0 Å². The summed E-state index contributed by atoms with van der Waals surface area (Å²) in [6.07, 6.45) is 7.89. The second-order valence-corrected chi connectivity index (χ2v) is 2.64. The second-order valence-electron chi connectivity index (χ2n) is 2.64. The van der Waals surface area contributed by atoms with Gasteiger partial charge in [-0.25, -0.2) is 0 Å². The van der Waals surface area contributed by atoms with Crippen LogP contribution in [0.5, 0.6) is 0 Å². The Hall–Kier alpha value is -3.00. The van der Waals surface area contributed by atoms with Gasteiger partial charge in [0.2, 0.25) is 10.8 Å². The van der Waals surface area contributed by atoms with Crippen molar-refractivity contribution in [2.75, 3.05) is 13.2 Å². The number of allylic oxidation sites excluding steroid dienone is 2. The van der Waals surface area contributed by atoms with Crippen LogP contribution in [0.4, 0.5) is 0 Å². The highest BCUT2D eigenvalue weighted by Gasteiger charge is 1.97. The molecule has 2 N–H and O–H groups in total. The van der Waals surface area contributed by atoms with Crippen LogP contribution in [0.1, 0.15) is 0 Å². The molecule has 0 heterocycles. The van der Waals surface area contributed by atoms with Crippen molar-refractivity contribution < 1.29 is 19.7 Å². The maximum Gasteiger partial charge on any atom is 0.429 e. The first-order chi connectivity index (χ1) is 8.70. The summed E-state index contributed by atoms with van der Waals surface area (Å²) in [7, 11) is 0. The maximum absolute atomic E-state index is 8.85. The molecule has 0 rings (SSSR count). The van der Waals surface area contributed by atoms with Gasteiger partial charge in [-0.15, -0.1) is 0 Å². The fourth-order valence-corrected chi connectivity index (χ4v) is 0.709. The van der Waals surface area contributed by atoms with Gasteiger partial charge < -0.3 is 19.7 Å². The summed E-state index contributed by atoms with van der Waals surface area (Å²) >= 11 is 0. The lowest BCUT2D eigenvalue weighted by Crippen LogP contribution is -1.90. The van der Waals surface area contributed by atoms with Gasteiger partial charge in [0.25, 0.3) is 0 Å². The van der Waals surface area contributed by atoms with E-state index in [9.17, 15) is 0 Å². The fourth-order valence-electron chi connectivity index (χ4n) is 0.709. The van der Waals surface area contributed by atoms with E-state index in [1.54, 1.807) is 24.3 Å².